The predicted molar refractivity (Wildman–Crippen MR) is 67.7 cm³/mol. The number of primary amides is 1. The Labute approximate surface area is 102 Å². The number of carbonyl (C=O) groups excluding carboxylic acids is 2. The van der Waals surface area contributed by atoms with Crippen LogP contribution in [-0.4, -0.2) is 11.7 Å². The van der Waals surface area contributed by atoms with Crippen molar-refractivity contribution in [3.8, 4) is 10.4 Å². The summed E-state index contributed by atoms with van der Waals surface area (Å²) in [6, 6.07) is 11.1. The van der Waals surface area contributed by atoms with E-state index in [0.717, 1.165) is 10.4 Å². The number of hydrogen-bond donors (Lipinski definition) is 2. The molecule has 0 aliphatic rings. The number of anilines is 1. The quantitative estimate of drug-likeness (QED) is 0.638. The number of ketones is 1. The molecule has 0 aliphatic heterocycles. The molecule has 2 rings (SSSR count). The van der Waals surface area contributed by atoms with E-state index in [9.17, 15) is 9.59 Å². The summed E-state index contributed by atoms with van der Waals surface area (Å²) in [5.74, 6) is -1.74. The normalized spacial score (nSPS) is 10.1. The second-order valence-corrected chi connectivity index (χ2v) is 4.53. The number of Topliss-reactive ketones (excluding diaryl/α,β-unsaturated/α-hetero) is 1. The highest BCUT2D eigenvalue weighted by Crippen LogP contribution is 2.33. The van der Waals surface area contributed by atoms with Gasteiger partial charge in [-0.15, -0.1) is 11.3 Å². The van der Waals surface area contributed by atoms with E-state index >= 15 is 0 Å². The van der Waals surface area contributed by atoms with Gasteiger partial charge in [-0.1, -0.05) is 30.3 Å². The first-order valence-corrected chi connectivity index (χ1v) is 5.70. The number of carbonyl (C=O) groups is 2. The van der Waals surface area contributed by atoms with Gasteiger partial charge in [0.15, 0.2) is 0 Å². The third-order valence-electron chi connectivity index (χ3n) is 2.29. The van der Waals surface area contributed by atoms with E-state index in [1.807, 2.05) is 30.3 Å². The molecule has 4 nitrogen and oxygen atoms in total. The van der Waals surface area contributed by atoms with Gasteiger partial charge in [0.25, 0.3) is 11.7 Å². The van der Waals surface area contributed by atoms with Gasteiger partial charge in [0, 0.05) is 4.88 Å². The van der Waals surface area contributed by atoms with Crippen LogP contribution >= 0.6 is 11.3 Å². The number of hydrogen-bond acceptors (Lipinski definition) is 4. The lowest BCUT2D eigenvalue weighted by Crippen LogP contribution is -2.23. The van der Waals surface area contributed by atoms with E-state index in [1.165, 1.54) is 11.3 Å². The van der Waals surface area contributed by atoms with Crippen molar-refractivity contribution in [2.24, 2.45) is 5.73 Å². The van der Waals surface area contributed by atoms with Crippen LogP contribution in [0.4, 0.5) is 5.00 Å². The zero-order valence-electron chi connectivity index (χ0n) is 8.84. The van der Waals surface area contributed by atoms with E-state index in [-0.39, 0.29) is 5.56 Å². The molecule has 0 radical (unpaired) electrons. The third kappa shape index (κ3) is 2.19. The van der Waals surface area contributed by atoms with Gasteiger partial charge in [-0.2, -0.15) is 0 Å². The zero-order valence-corrected chi connectivity index (χ0v) is 9.66. The molecule has 17 heavy (non-hydrogen) atoms. The van der Waals surface area contributed by atoms with Crippen LogP contribution in [0.2, 0.25) is 0 Å². The minimum Gasteiger partial charge on any atom is -0.390 e. The summed E-state index contributed by atoms with van der Waals surface area (Å²) in [5, 5.41) is 0.313. The molecule has 0 spiro atoms. The summed E-state index contributed by atoms with van der Waals surface area (Å²) in [6.45, 7) is 0. The summed E-state index contributed by atoms with van der Waals surface area (Å²) < 4.78 is 0. The summed E-state index contributed by atoms with van der Waals surface area (Å²) in [4.78, 5) is 23.1. The molecule has 1 aromatic heterocycles. The summed E-state index contributed by atoms with van der Waals surface area (Å²) in [7, 11) is 0. The molecule has 1 aromatic carbocycles. The molecule has 1 amide bonds. The van der Waals surface area contributed by atoms with Gasteiger partial charge in [0.05, 0.1) is 10.6 Å². The van der Waals surface area contributed by atoms with Crippen LogP contribution < -0.4 is 11.5 Å². The van der Waals surface area contributed by atoms with Gasteiger partial charge in [0.2, 0.25) is 0 Å². The van der Waals surface area contributed by atoms with Crippen LogP contribution in [0.5, 0.6) is 0 Å². The zero-order chi connectivity index (χ0) is 12.4. The van der Waals surface area contributed by atoms with Gasteiger partial charge in [-0.25, -0.2) is 0 Å². The average Bonchev–Trinajstić information content (AvgIpc) is 2.71. The summed E-state index contributed by atoms with van der Waals surface area (Å²) in [6.07, 6.45) is 0. The molecule has 0 saturated carbocycles. The Kier molecular flexibility index (Phi) is 2.93. The molecule has 4 N–H and O–H groups in total. The van der Waals surface area contributed by atoms with Crippen molar-refractivity contribution < 1.29 is 9.59 Å². The van der Waals surface area contributed by atoms with E-state index < -0.39 is 11.7 Å². The van der Waals surface area contributed by atoms with E-state index in [1.54, 1.807) is 6.07 Å². The van der Waals surface area contributed by atoms with Crippen molar-refractivity contribution in [2.45, 2.75) is 0 Å². The minimum absolute atomic E-state index is 0.182. The first kappa shape index (κ1) is 11.3. The van der Waals surface area contributed by atoms with Crippen LogP contribution in [0.15, 0.2) is 36.4 Å². The van der Waals surface area contributed by atoms with Crippen LogP contribution in [-0.2, 0) is 4.79 Å². The van der Waals surface area contributed by atoms with Gasteiger partial charge < -0.3 is 11.5 Å². The van der Waals surface area contributed by atoms with Crippen LogP contribution in [0, 0.1) is 0 Å². The van der Waals surface area contributed by atoms with Crippen molar-refractivity contribution in [2.75, 3.05) is 5.73 Å². The second-order valence-electron chi connectivity index (χ2n) is 3.45. The monoisotopic (exact) mass is 246 g/mol. The van der Waals surface area contributed by atoms with E-state index in [0.29, 0.717) is 5.00 Å². The number of nitrogen functional groups attached to an aromatic ring is 1. The SMILES string of the molecule is NC(=O)C(=O)c1cc(-c2ccccc2)sc1N. The molecule has 86 valence electrons. The lowest BCUT2D eigenvalue weighted by molar-refractivity contribution is -0.114. The Morgan fingerprint density at radius 2 is 1.76 bits per heavy atom. The fourth-order valence-electron chi connectivity index (χ4n) is 1.46. The van der Waals surface area contributed by atoms with Gasteiger partial charge in [0.1, 0.15) is 0 Å². The van der Waals surface area contributed by atoms with Crippen molar-refractivity contribution in [3.05, 3.63) is 42.0 Å². The number of benzene rings is 1. The smallest absolute Gasteiger partial charge is 0.289 e. The average molecular weight is 246 g/mol. The van der Waals surface area contributed by atoms with E-state index in [4.69, 9.17) is 11.5 Å². The minimum atomic E-state index is -0.992. The summed E-state index contributed by atoms with van der Waals surface area (Å²) >= 11 is 1.26. The Morgan fingerprint density at radius 3 is 2.35 bits per heavy atom. The lowest BCUT2D eigenvalue weighted by Gasteiger charge is -1.94. The summed E-state index contributed by atoms with van der Waals surface area (Å²) in [5.41, 5.74) is 11.8. The highest BCUT2D eigenvalue weighted by atomic mass is 32.1. The van der Waals surface area contributed by atoms with Gasteiger partial charge in [-0.3, -0.25) is 9.59 Å². The topological polar surface area (TPSA) is 86.2 Å². The number of nitrogens with two attached hydrogens (primary N) is 2. The lowest BCUT2D eigenvalue weighted by atomic mass is 10.1. The third-order valence-corrected chi connectivity index (χ3v) is 3.30. The highest BCUT2D eigenvalue weighted by molar-refractivity contribution is 7.19. The Hall–Kier alpha value is -2.14. The molecule has 0 bridgehead atoms. The van der Waals surface area contributed by atoms with Crippen LogP contribution in [0.3, 0.4) is 0 Å². The largest absolute Gasteiger partial charge is 0.390 e. The van der Waals surface area contributed by atoms with Gasteiger partial charge >= 0.3 is 0 Å². The van der Waals surface area contributed by atoms with Crippen LogP contribution in [0.25, 0.3) is 10.4 Å². The molecule has 5 heteroatoms. The fraction of sp³-hybridized carbons (Fsp3) is 0. The Bertz CT molecular complexity index is 575. The Morgan fingerprint density at radius 1 is 1.12 bits per heavy atom. The highest BCUT2D eigenvalue weighted by Gasteiger charge is 2.19. The molecule has 0 unspecified atom stereocenters. The first-order valence-electron chi connectivity index (χ1n) is 4.88. The second kappa shape index (κ2) is 4.39. The molecule has 0 fully saturated rings. The molecule has 0 aliphatic carbocycles. The molecule has 0 saturated heterocycles. The maximum Gasteiger partial charge on any atom is 0.289 e. The number of amides is 1. The molecule has 1 heterocycles. The van der Waals surface area contributed by atoms with Crippen LogP contribution in [0.1, 0.15) is 10.4 Å². The Balaban J connectivity index is 2.44. The van der Waals surface area contributed by atoms with Crippen molar-refractivity contribution >= 4 is 28.0 Å². The standard InChI is InChI=1S/C12H10N2O2S/c13-11(16)10(15)8-6-9(17-12(8)14)7-4-2-1-3-5-7/h1-6H,14H2,(H2,13,16). The number of thiophene rings is 1. The molecular weight excluding hydrogens is 236 g/mol. The van der Waals surface area contributed by atoms with Gasteiger partial charge in [-0.05, 0) is 11.6 Å². The maximum atomic E-state index is 11.5. The first-order chi connectivity index (χ1) is 8.09. The number of rotatable bonds is 3. The fourth-order valence-corrected chi connectivity index (χ4v) is 2.39. The molecule has 0 atom stereocenters. The van der Waals surface area contributed by atoms with Crippen molar-refractivity contribution in [1.82, 2.24) is 0 Å². The molecule has 2 aromatic rings. The predicted octanol–water partition coefficient (Wildman–Crippen LogP) is 1.67. The van der Waals surface area contributed by atoms with E-state index in [2.05, 4.69) is 0 Å². The molecular formula is C12H10N2O2S. The van der Waals surface area contributed by atoms with Crippen molar-refractivity contribution in [3.63, 3.8) is 0 Å². The maximum absolute atomic E-state index is 11.5. The van der Waals surface area contributed by atoms with Crippen molar-refractivity contribution in [1.29, 1.82) is 0 Å².